The van der Waals surface area contributed by atoms with Crippen LogP contribution >= 0.6 is 15.9 Å². The van der Waals surface area contributed by atoms with Crippen molar-refractivity contribution >= 4 is 15.9 Å². The van der Waals surface area contributed by atoms with Crippen molar-refractivity contribution < 1.29 is 23.0 Å². The van der Waals surface area contributed by atoms with Gasteiger partial charge in [-0.3, -0.25) is 0 Å². The molecule has 0 saturated carbocycles. The van der Waals surface area contributed by atoms with Gasteiger partial charge in [0.2, 0.25) is 0 Å². The van der Waals surface area contributed by atoms with Crippen molar-refractivity contribution in [1.29, 1.82) is 0 Å². The lowest BCUT2D eigenvalue weighted by Gasteiger charge is -2.14. The first-order valence-electron chi connectivity index (χ1n) is 5.86. The summed E-state index contributed by atoms with van der Waals surface area (Å²) in [6.45, 7) is 0. The molecule has 0 saturated heterocycles. The molecular formula is C14H11BrF3NO2. The van der Waals surface area contributed by atoms with Gasteiger partial charge in [0.15, 0.2) is 0 Å². The van der Waals surface area contributed by atoms with Crippen LogP contribution in [0.1, 0.15) is 17.2 Å². The lowest BCUT2D eigenvalue weighted by Crippen LogP contribution is -2.17. The largest absolute Gasteiger partial charge is 0.573 e. The first-order valence-corrected chi connectivity index (χ1v) is 6.65. The second-order valence-corrected chi connectivity index (χ2v) is 5.16. The summed E-state index contributed by atoms with van der Waals surface area (Å²) in [6, 6.07) is 9.60. The highest BCUT2D eigenvalue weighted by atomic mass is 79.9. The average Bonchev–Trinajstić information content (AvgIpc) is 2.40. The standard InChI is InChI=1S/C14H11BrF3NO2/c15-11-7-9(3-6-12(11)20)13(19)8-1-4-10(5-2-8)21-14(16,17)18/h1-7,13,20H,19H2/t13-/m1/s1. The molecule has 0 fully saturated rings. The van der Waals surface area contributed by atoms with Crippen LogP contribution in [0.25, 0.3) is 0 Å². The number of rotatable bonds is 3. The molecule has 0 amide bonds. The maximum atomic E-state index is 12.1. The van der Waals surface area contributed by atoms with E-state index in [0.29, 0.717) is 15.6 Å². The van der Waals surface area contributed by atoms with Crippen LogP contribution in [-0.4, -0.2) is 11.5 Å². The van der Waals surface area contributed by atoms with Gasteiger partial charge in [0.1, 0.15) is 11.5 Å². The second kappa shape index (κ2) is 5.95. The number of hydrogen-bond acceptors (Lipinski definition) is 3. The van der Waals surface area contributed by atoms with E-state index in [4.69, 9.17) is 5.73 Å². The predicted octanol–water partition coefficient (Wildman–Crippen LogP) is 4.10. The Morgan fingerprint density at radius 3 is 2.14 bits per heavy atom. The average molecular weight is 362 g/mol. The van der Waals surface area contributed by atoms with Gasteiger partial charge in [0.05, 0.1) is 10.5 Å². The van der Waals surface area contributed by atoms with Crippen molar-refractivity contribution in [1.82, 2.24) is 0 Å². The lowest BCUT2D eigenvalue weighted by molar-refractivity contribution is -0.274. The van der Waals surface area contributed by atoms with Crippen molar-refractivity contribution in [2.45, 2.75) is 12.4 Å². The van der Waals surface area contributed by atoms with Crippen LogP contribution in [0.15, 0.2) is 46.9 Å². The number of phenols is 1. The summed E-state index contributed by atoms with van der Waals surface area (Å²) in [5.41, 5.74) is 7.39. The third-order valence-electron chi connectivity index (χ3n) is 2.80. The normalized spacial score (nSPS) is 13.0. The van der Waals surface area contributed by atoms with Crippen LogP contribution in [-0.2, 0) is 0 Å². The molecule has 7 heteroatoms. The molecule has 3 nitrogen and oxygen atoms in total. The fourth-order valence-electron chi connectivity index (χ4n) is 1.79. The molecule has 0 unspecified atom stereocenters. The van der Waals surface area contributed by atoms with Crippen LogP contribution < -0.4 is 10.5 Å². The summed E-state index contributed by atoms with van der Waals surface area (Å²) in [7, 11) is 0. The van der Waals surface area contributed by atoms with Crippen LogP contribution in [0.5, 0.6) is 11.5 Å². The molecule has 0 bridgehead atoms. The smallest absolute Gasteiger partial charge is 0.507 e. The molecule has 0 aliphatic rings. The monoisotopic (exact) mass is 361 g/mol. The number of hydrogen-bond donors (Lipinski definition) is 2. The Balaban J connectivity index is 2.19. The quantitative estimate of drug-likeness (QED) is 0.865. The highest BCUT2D eigenvalue weighted by molar-refractivity contribution is 9.10. The molecule has 0 heterocycles. The minimum Gasteiger partial charge on any atom is -0.507 e. The van der Waals surface area contributed by atoms with E-state index in [-0.39, 0.29) is 11.5 Å². The number of nitrogens with two attached hydrogens (primary N) is 1. The maximum Gasteiger partial charge on any atom is 0.573 e. The molecule has 0 radical (unpaired) electrons. The Bertz CT molecular complexity index is 629. The van der Waals surface area contributed by atoms with E-state index in [1.165, 1.54) is 30.3 Å². The Hall–Kier alpha value is -1.73. The predicted molar refractivity (Wildman–Crippen MR) is 75.0 cm³/mol. The molecule has 21 heavy (non-hydrogen) atoms. The molecule has 0 spiro atoms. The summed E-state index contributed by atoms with van der Waals surface area (Å²) < 4.78 is 40.5. The molecule has 0 aromatic heterocycles. The zero-order valence-electron chi connectivity index (χ0n) is 10.6. The number of ether oxygens (including phenoxy) is 1. The number of benzene rings is 2. The van der Waals surface area contributed by atoms with Gasteiger partial charge in [-0.2, -0.15) is 0 Å². The van der Waals surface area contributed by atoms with E-state index in [1.54, 1.807) is 12.1 Å². The molecule has 2 rings (SSSR count). The molecule has 2 aromatic rings. The van der Waals surface area contributed by atoms with Crippen LogP contribution in [0.3, 0.4) is 0 Å². The van der Waals surface area contributed by atoms with E-state index >= 15 is 0 Å². The molecule has 0 aliphatic carbocycles. The van der Waals surface area contributed by atoms with Gasteiger partial charge in [-0.05, 0) is 51.3 Å². The third-order valence-corrected chi connectivity index (χ3v) is 3.44. The zero-order valence-corrected chi connectivity index (χ0v) is 12.1. The van der Waals surface area contributed by atoms with Crippen molar-refractivity contribution in [3.8, 4) is 11.5 Å². The fraction of sp³-hybridized carbons (Fsp3) is 0.143. The lowest BCUT2D eigenvalue weighted by atomic mass is 9.99. The second-order valence-electron chi connectivity index (χ2n) is 4.31. The van der Waals surface area contributed by atoms with E-state index in [2.05, 4.69) is 20.7 Å². The highest BCUT2D eigenvalue weighted by Gasteiger charge is 2.31. The number of aromatic hydroxyl groups is 1. The maximum absolute atomic E-state index is 12.1. The van der Waals surface area contributed by atoms with Gasteiger partial charge in [0, 0.05) is 0 Å². The molecule has 1 atom stereocenters. The van der Waals surface area contributed by atoms with Crippen molar-refractivity contribution in [3.63, 3.8) is 0 Å². The minimum atomic E-state index is -4.72. The van der Waals surface area contributed by atoms with Crippen LogP contribution in [0, 0.1) is 0 Å². The van der Waals surface area contributed by atoms with Gasteiger partial charge < -0.3 is 15.6 Å². The summed E-state index contributed by atoms with van der Waals surface area (Å²) >= 11 is 3.18. The molecular weight excluding hydrogens is 351 g/mol. The van der Waals surface area contributed by atoms with Gasteiger partial charge in [-0.1, -0.05) is 18.2 Å². The first-order chi connectivity index (χ1) is 9.76. The SMILES string of the molecule is N[C@H](c1ccc(OC(F)(F)F)cc1)c1ccc(O)c(Br)c1. The van der Waals surface area contributed by atoms with Crippen molar-refractivity contribution in [2.24, 2.45) is 5.73 Å². The highest BCUT2D eigenvalue weighted by Crippen LogP contribution is 2.30. The number of halogens is 4. The van der Waals surface area contributed by atoms with Gasteiger partial charge in [-0.15, -0.1) is 13.2 Å². The summed E-state index contributed by atoms with van der Waals surface area (Å²) in [6.07, 6.45) is -4.72. The van der Waals surface area contributed by atoms with E-state index < -0.39 is 12.4 Å². The molecule has 2 aromatic carbocycles. The van der Waals surface area contributed by atoms with E-state index in [0.717, 1.165) is 0 Å². The van der Waals surface area contributed by atoms with Gasteiger partial charge >= 0.3 is 6.36 Å². The van der Waals surface area contributed by atoms with Gasteiger partial charge in [0.25, 0.3) is 0 Å². The molecule has 112 valence electrons. The third kappa shape index (κ3) is 4.12. The van der Waals surface area contributed by atoms with Crippen LogP contribution in [0.2, 0.25) is 0 Å². The van der Waals surface area contributed by atoms with Crippen molar-refractivity contribution in [3.05, 3.63) is 58.1 Å². The number of alkyl halides is 3. The molecule has 3 N–H and O–H groups in total. The summed E-state index contributed by atoms with van der Waals surface area (Å²) in [5, 5.41) is 9.43. The van der Waals surface area contributed by atoms with Crippen LogP contribution in [0.4, 0.5) is 13.2 Å². The van der Waals surface area contributed by atoms with Gasteiger partial charge in [-0.25, -0.2) is 0 Å². The molecule has 0 aliphatic heterocycles. The van der Waals surface area contributed by atoms with E-state index in [1.807, 2.05) is 0 Å². The summed E-state index contributed by atoms with van der Waals surface area (Å²) in [5.74, 6) is -0.217. The Morgan fingerprint density at radius 1 is 1.05 bits per heavy atom. The Kier molecular flexibility index (Phi) is 4.43. The Morgan fingerprint density at radius 2 is 1.62 bits per heavy atom. The topological polar surface area (TPSA) is 55.5 Å². The summed E-state index contributed by atoms with van der Waals surface area (Å²) in [4.78, 5) is 0. The number of phenolic OH excluding ortho intramolecular Hbond substituents is 1. The fourth-order valence-corrected chi connectivity index (χ4v) is 2.18. The first kappa shape index (κ1) is 15.7. The Labute approximate surface area is 127 Å². The minimum absolute atomic E-state index is 0.0832. The zero-order chi connectivity index (χ0) is 15.6. The van der Waals surface area contributed by atoms with Crippen molar-refractivity contribution in [2.75, 3.05) is 0 Å². The van der Waals surface area contributed by atoms with E-state index in [9.17, 15) is 18.3 Å².